The second kappa shape index (κ2) is 5.41. The predicted molar refractivity (Wildman–Crippen MR) is 68.8 cm³/mol. The van der Waals surface area contributed by atoms with Crippen molar-refractivity contribution in [2.24, 2.45) is 5.92 Å². The van der Waals surface area contributed by atoms with Gasteiger partial charge in [-0.25, -0.2) is 0 Å². The number of carbonyl (C=O) groups is 1. The van der Waals surface area contributed by atoms with Crippen LogP contribution in [0.1, 0.15) is 25.7 Å². The van der Waals surface area contributed by atoms with E-state index in [9.17, 15) is 4.79 Å². The second-order valence-electron chi connectivity index (χ2n) is 5.05. The van der Waals surface area contributed by atoms with Crippen LogP contribution in [0.15, 0.2) is 0 Å². The van der Waals surface area contributed by atoms with E-state index >= 15 is 0 Å². The van der Waals surface area contributed by atoms with Crippen molar-refractivity contribution in [3.8, 4) is 0 Å². The standard InChI is InChI=1S/C12H22N2OS/c1-13-6-2-3-10-9-14(7-4-11(10)13)12(15)5-8-16/h10-11,16H,2-9H2,1H3. The monoisotopic (exact) mass is 242 g/mol. The molecule has 2 rings (SSSR count). The molecule has 16 heavy (non-hydrogen) atoms. The molecular formula is C12H22N2OS. The number of piperidine rings is 2. The third-order valence-corrected chi connectivity index (χ3v) is 4.25. The van der Waals surface area contributed by atoms with Crippen LogP contribution < -0.4 is 0 Å². The van der Waals surface area contributed by atoms with Crippen LogP contribution in [0.3, 0.4) is 0 Å². The van der Waals surface area contributed by atoms with E-state index in [2.05, 4.69) is 29.5 Å². The van der Waals surface area contributed by atoms with Crippen molar-refractivity contribution < 1.29 is 4.79 Å². The molecule has 2 aliphatic heterocycles. The highest BCUT2D eigenvalue weighted by molar-refractivity contribution is 7.80. The fraction of sp³-hybridized carbons (Fsp3) is 0.917. The highest BCUT2D eigenvalue weighted by atomic mass is 32.1. The molecule has 0 aromatic carbocycles. The fourth-order valence-corrected chi connectivity index (χ4v) is 3.32. The number of hydrogen-bond acceptors (Lipinski definition) is 3. The van der Waals surface area contributed by atoms with Crippen LogP contribution in [0.25, 0.3) is 0 Å². The van der Waals surface area contributed by atoms with Crippen LogP contribution >= 0.6 is 12.6 Å². The number of thiol groups is 1. The van der Waals surface area contributed by atoms with Gasteiger partial charge in [0.05, 0.1) is 0 Å². The molecule has 2 aliphatic rings. The smallest absolute Gasteiger partial charge is 0.223 e. The van der Waals surface area contributed by atoms with E-state index in [0.29, 0.717) is 30.0 Å². The summed E-state index contributed by atoms with van der Waals surface area (Å²) < 4.78 is 0. The van der Waals surface area contributed by atoms with E-state index in [4.69, 9.17) is 0 Å². The third kappa shape index (κ3) is 2.54. The summed E-state index contributed by atoms with van der Waals surface area (Å²) in [6.45, 7) is 3.14. The normalized spacial score (nSPS) is 31.2. The minimum absolute atomic E-state index is 0.293. The maximum Gasteiger partial charge on any atom is 0.223 e. The van der Waals surface area contributed by atoms with Crippen LogP contribution in [-0.4, -0.2) is 54.2 Å². The molecule has 2 unspecified atom stereocenters. The van der Waals surface area contributed by atoms with Gasteiger partial charge in [0.1, 0.15) is 0 Å². The van der Waals surface area contributed by atoms with Crippen LogP contribution in [-0.2, 0) is 4.79 Å². The van der Waals surface area contributed by atoms with Gasteiger partial charge in [0.25, 0.3) is 0 Å². The Morgan fingerprint density at radius 3 is 2.94 bits per heavy atom. The molecule has 92 valence electrons. The zero-order valence-electron chi connectivity index (χ0n) is 10.1. The lowest BCUT2D eigenvalue weighted by molar-refractivity contribution is -0.134. The lowest BCUT2D eigenvalue weighted by atomic mass is 9.84. The Kier molecular flexibility index (Phi) is 4.14. The molecule has 0 saturated carbocycles. The lowest BCUT2D eigenvalue weighted by Crippen LogP contribution is -2.53. The summed E-state index contributed by atoms with van der Waals surface area (Å²) in [7, 11) is 2.22. The van der Waals surface area contributed by atoms with Gasteiger partial charge in [-0.3, -0.25) is 4.79 Å². The first-order valence-electron chi connectivity index (χ1n) is 6.31. The molecule has 2 atom stereocenters. The van der Waals surface area contributed by atoms with Crippen molar-refractivity contribution in [1.82, 2.24) is 9.80 Å². The van der Waals surface area contributed by atoms with Crippen molar-refractivity contribution in [1.29, 1.82) is 0 Å². The van der Waals surface area contributed by atoms with Gasteiger partial charge in [-0.15, -0.1) is 0 Å². The molecule has 0 aromatic heterocycles. The maximum atomic E-state index is 11.8. The molecule has 0 aromatic rings. The van der Waals surface area contributed by atoms with Gasteiger partial charge in [0.2, 0.25) is 5.91 Å². The van der Waals surface area contributed by atoms with Gasteiger partial charge in [0.15, 0.2) is 0 Å². The summed E-state index contributed by atoms with van der Waals surface area (Å²) in [5.41, 5.74) is 0. The average Bonchev–Trinajstić information content (AvgIpc) is 2.29. The van der Waals surface area contributed by atoms with Gasteiger partial charge in [-0.05, 0) is 44.5 Å². The Balaban J connectivity index is 1.92. The summed E-state index contributed by atoms with van der Waals surface area (Å²) in [4.78, 5) is 16.4. The summed E-state index contributed by atoms with van der Waals surface area (Å²) >= 11 is 4.13. The molecular weight excluding hydrogens is 220 g/mol. The number of rotatable bonds is 2. The molecule has 0 spiro atoms. The molecule has 0 N–H and O–H groups in total. The number of hydrogen-bond donors (Lipinski definition) is 1. The lowest BCUT2D eigenvalue weighted by Gasteiger charge is -2.46. The molecule has 2 saturated heterocycles. The number of carbonyl (C=O) groups excluding carboxylic acids is 1. The Hall–Kier alpha value is -0.220. The topological polar surface area (TPSA) is 23.6 Å². The third-order valence-electron chi connectivity index (χ3n) is 4.02. The number of amides is 1. The Morgan fingerprint density at radius 1 is 1.38 bits per heavy atom. The van der Waals surface area contributed by atoms with Crippen LogP contribution in [0.2, 0.25) is 0 Å². The summed E-state index contributed by atoms with van der Waals surface area (Å²) in [6, 6.07) is 0.716. The summed E-state index contributed by atoms with van der Waals surface area (Å²) in [5, 5.41) is 0. The molecule has 1 amide bonds. The highest BCUT2D eigenvalue weighted by Crippen LogP contribution is 2.29. The largest absolute Gasteiger partial charge is 0.342 e. The van der Waals surface area contributed by atoms with Gasteiger partial charge < -0.3 is 9.80 Å². The molecule has 4 heteroatoms. The van der Waals surface area contributed by atoms with Crippen molar-refractivity contribution in [2.45, 2.75) is 31.7 Å². The van der Waals surface area contributed by atoms with Gasteiger partial charge in [-0.1, -0.05) is 0 Å². The number of likely N-dealkylation sites (tertiary alicyclic amines) is 2. The quantitative estimate of drug-likeness (QED) is 0.737. The summed E-state index contributed by atoms with van der Waals surface area (Å²) in [6.07, 6.45) is 4.32. The van der Waals surface area contributed by atoms with Gasteiger partial charge in [0, 0.05) is 25.6 Å². The predicted octanol–water partition coefficient (Wildman–Crippen LogP) is 1.25. The van der Waals surface area contributed by atoms with Crippen LogP contribution in [0.4, 0.5) is 0 Å². The van der Waals surface area contributed by atoms with E-state index in [0.717, 1.165) is 19.5 Å². The van der Waals surface area contributed by atoms with E-state index in [1.165, 1.54) is 19.4 Å². The highest BCUT2D eigenvalue weighted by Gasteiger charge is 2.35. The fourth-order valence-electron chi connectivity index (χ4n) is 3.13. The SMILES string of the molecule is CN1CCCC2CN(C(=O)CCS)CCC21. The van der Waals surface area contributed by atoms with E-state index in [1.54, 1.807) is 0 Å². The van der Waals surface area contributed by atoms with Gasteiger partial charge >= 0.3 is 0 Å². The summed E-state index contributed by atoms with van der Waals surface area (Å²) in [5.74, 6) is 1.67. The molecule has 3 nitrogen and oxygen atoms in total. The maximum absolute atomic E-state index is 11.8. The molecule has 0 aliphatic carbocycles. The first-order chi connectivity index (χ1) is 7.72. The van der Waals surface area contributed by atoms with Crippen molar-refractivity contribution >= 4 is 18.5 Å². The first kappa shape index (κ1) is 12.2. The van der Waals surface area contributed by atoms with Crippen molar-refractivity contribution in [2.75, 3.05) is 32.4 Å². The first-order valence-corrected chi connectivity index (χ1v) is 6.94. The number of fused-ring (bicyclic) bond motifs is 1. The minimum atomic E-state index is 0.293. The van der Waals surface area contributed by atoms with E-state index in [1.807, 2.05) is 0 Å². The molecule has 0 bridgehead atoms. The van der Waals surface area contributed by atoms with Crippen molar-refractivity contribution in [3.63, 3.8) is 0 Å². The Morgan fingerprint density at radius 2 is 2.19 bits per heavy atom. The zero-order valence-corrected chi connectivity index (χ0v) is 11.0. The zero-order chi connectivity index (χ0) is 11.5. The molecule has 2 heterocycles. The second-order valence-corrected chi connectivity index (χ2v) is 5.50. The van der Waals surface area contributed by atoms with E-state index in [-0.39, 0.29) is 0 Å². The molecule has 0 radical (unpaired) electrons. The molecule has 2 fully saturated rings. The minimum Gasteiger partial charge on any atom is -0.342 e. The van der Waals surface area contributed by atoms with Crippen LogP contribution in [0, 0.1) is 5.92 Å². The van der Waals surface area contributed by atoms with Gasteiger partial charge in [-0.2, -0.15) is 12.6 Å². The van der Waals surface area contributed by atoms with Crippen LogP contribution in [0.5, 0.6) is 0 Å². The Labute approximate surface area is 104 Å². The van der Waals surface area contributed by atoms with E-state index < -0.39 is 0 Å². The number of nitrogens with zero attached hydrogens (tertiary/aromatic N) is 2. The van der Waals surface area contributed by atoms with Crippen molar-refractivity contribution in [3.05, 3.63) is 0 Å². The Bertz CT molecular complexity index is 259. The average molecular weight is 242 g/mol.